The smallest absolute Gasteiger partial charge is 0.313 e. The minimum atomic E-state index is -0.393. The van der Waals surface area contributed by atoms with Crippen molar-refractivity contribution in [2.75, 3.05) is 19.8 Å². The maximum Gasteiger partial charge on any atom is 0.313 e. The SMILES string of the molecule is CCCOC(=O)CC(=O)CCC.CCCOCC(=O)CCC. The summed E-state index contributed by atoms with van der Waals surface area (Å²) in [7, 11) is 0. The Hall–Kier alpha value is -1.23. The average Bonchev–Trinajstić information content (AvgIpc) is 2.46. The molecule has 0 fully saturated rings. The number of hydrogen-bond acceptors (Lipinski definition) is 5. The predicted octanol–water partition coefficient (Wildman–Crippen LogP) is 3.48. The first-order valence-electron chi connectivity index (χ1n) is 8.28. The molecule has 0 unspecified atom stereocenters. The Kier molecular flexibility index (Phi) is 18.7. The molecule has 0 spiro atoms. The van der Waals surface area contributed by atoms with Gasteiger partial charge in [-0.3, -0.25) is 14.4 Å². The highest BCUT2D eigenvalue weighted by molar-refractivity contribution is 5.95. The molecule has 0 N–H and O–H groups in total. The molecule has 0 radical (unpaired) electrons. The summed E-state index contributed by atoms with van der Waals surface area (Å²) >= 11 is 0. The van der Waals surface area contributed by atoms with Gasteiger partial charge in [0.1, 0.15) is 18.8 Å². The standard InChI is InChI=1S/C9H16O3.C8H16O2/c1-3-5-8(10)7-9(11)12-6-4-2;1-3-5-8(9)7-10-6-4-2/h3-7H2,1-2H3;3-7H2,1-2H3. The molecule has 0 amide bonds. The molecular formula is C17H32O5. The molecule has 130 valence electrons. The molecule has 0 saturated heterocycles. The van der Waals surface area contributed by atoms with Crippen LogP contribution in [-0.2, 0) is 23.9 Å². The van der Waals surface area contributed by atoms with Crippen LogP contribution < -0.4 is 0 Å². The zero-order valence-corrected chi connectivity index (χ0v) is 14.6. The van der Waals surface area contributed by atoms with Crippen LogP contribution >= 0.6 is 0 Å². The van der Waals surface area contributed by atoms with Crippen molar-refractivity contribution in [2.45, 2.75) is 72.6 Å². The van der Waals surface area contributed by atoms with Gasteiger partial charge in [0.25, 0.3) is 0 Å². The average molecular weight is 316 g/mol. The number of rotatable bonds is 12. The molecular weight excluding hydrogens is 284 g/mol. The molecule has 5 nitrogen and oxygen atoms in total. The highest BCUT2D eigenvalue weighted by Crippen LogP contribution is 1.96. The lowest BCUT2D eigenvalue weighted by atomic mass is 10.2. The fraction of sp³-hybridized carbons (Fsp3) is 0.824. The summed E-state index contributed by atoms with van der Waals surface area (Å²) in [6.07, 6.45) is 4.57. The van der Waals surface area contributed by atoms with Gasteiger partial charge in [0, 0.05) is 19.4 Å². The number of ether oxygens (including phenoxy) is 2. The van der Waals surface area contributed by atoms with E-state index in [0.717, 1.165) is 25.7 Å². The van der Waals surface area contributed by atoms with E-state index in [-0.39, 0.29) is 18.0 Å². The molecule has 0 aliphatic carbocycles. The Morgan fingerprint density at radius 1 is 0.727 bits per heavy atom. The van der Waals surface area contributed by atoms with Crippen LogP contribution in [0.5, 0.6) is 0 Å². The summed E-state index contributed by atoms with van der Waals surface area (Å²) < 4.78 is 9.80. The van der Waals surface area contributed by atoms with Crippen molar-refractivity contribution < 1.29 is 23.9 Å². The Labute approximate surface area is 134 Å². The summed E-state index contributed by atoms with van der Waals surface area (Å²) in [5.74, 6) is -0.204. The third-order valence-electron chi connectivity index (χ3n) is 2.48. The van der Waals surface area contributed by atoms with Gasteiger partial charge < -0.3 is 9.47 Å². The molecule has 0 aliphatic heterocycles. The molecule has 5 heteroatoms. The van der Waals surface area contributed by atoms with Gasteiger partial charge in [0.15, 0.2) is 5.78 Å². The molecule has 0 bridgehead atoms. The van der Waals surface area contributed by atoms with Crippen LogP contribution in [0, 0.1) is 0 Å². The fourth-order valence-electron chi connectivity index (χ4n) is 1.48. The van der Waals surface area contributed by atoms with Crippen LogP contribution in [0.4, 0.5) is 0 Å². The minimum Gasteiger partial charge on any atom is -0.465 e. The normalized spacial score (nSPS) is 9.64. The first-order chi connectivity index (χ1) is 10.5. The highest BCUT2D eigenvalue weighted by Gasteiger charge is 2.08. The van der Waals surface area contributed by atoms with Gasteiger partial charge in [-0.05, 0) is 25.7 Å². The van der Waals surface area contributed by atoms with E-state index in [9.17, 15) is 14.4 Å². The van der Waals surface area contributed by atoms with E-state index < -0.39 is 5.97 Å². The first kappa shape index (κ1) is 23.0. The topological polar surface area (TPSA) is 69.7 Å². The van der Waals surface area contributed by atoms with Crippen molar-refractivity contribution in [1.29, 1.82) is 0 Å². The third-order valence-corrected chi connectivity index (χ3v) is 2.48. The van der Waals surface area contributed by atoms with Crippen molar-refractivity contribution in [2.24, 2.45) is 0 Å². The van der Waals surface area contributed by atoms with Gasteiger partial charge >= 0.3 is 5.97 Å². The largest absolute Gasteiger partial charge is 0.465 e. The van der Waals surface area contributed by atoms with Gasteiger partial charge in [-0.15, -0.1) is 0 Å². The maximum atomic E-state index is 10.9. The molecule has 0 heterocycles. The molecule has 0 rings (SSSR count). The van der Waals surface area contributed by atoms with Gasteiger partial charge in [-0.2, -0.15) is 0 Å². The van der Waals surface area contributed by atoms with Crippen molar-refractivity contribution in [1.82, 2.24) is 0 Å². The zero-order chi connectivity index (χ0) is 17.2. The summed E-state index contributed by atoms with van der Waals surface area (Å²) in [6.45, 7) is 9.29. The summed E-state index contributed by atoms with van der Waals surface area (Å²) in [5.41, 5.74) is 0. The van der Waals surface area contributed by atoms with Crippen molar-refractivity contribution in [3.8, 4) is 0 Å². The molecule has 0 aromatic rings. The minimum absolute atomic E-state index is 0.0291. The molecule has 0 atom stereocenters. The lowest BCUT2D eigenvalue weighted by Gasteiger charge is -2.00. The van der Waals surface area contributed by atoms with E-state index in [1.165, 1.54) is 0 Å². The first-order valence-corrected chi connectivity index (χ1v) is 8.28. The quantitative estimate of drug-likeness (QED) is 0.313. The van der Waals surface area contributed by atoms with Crippen LogP contribution in [0.25, 0.3) is 0 Å². The zero-order valence-electron chi connectivity index (χ0n) is 14.6. The van der Waals surface area contributed by atoms with Crippen LogP contribution in [-0.4, -0.2) is 37.4 Å². The molecule has 0 saturated carbocycles. The van der Waals surface area contributed by atoms with E-state index in [2.05, 4.69) is 0 Å². The number of Topliss-reactive ketones (excluding diaryl/α,β-unsaturated/α-hetero) is 2. The molecule has 22 heavy (non-hydrogen) atoms. The maximum absolute atomic E-state index is 10.9. The van der Waals surface area contributed by atoms with Gasteiger partial charge in [-0.1, -0.05) is 27.7 Å². The van der Waals surface area contributed by atoms with Gasteiger partial charge in [-0.25, -0.2) is 0 Å². The highest BCUT2D eigenvalue weighted by atomic mass is 16.5. The van der Waals surface area contributed by atoms with E-state index in [4.69, 9.17) is 9.47 Å². The number of carbonyl (C=O) groups is 3. The van der Waals surface area contributed by atoms with Crippen molar-refractivity contribution in [3.05, 3.63) is 0 Å². The van der Waals surface area contributed by atoms with Crippen molar-refractivity contribution in [3.63, 3.8) is 0 Å². The van der Waals surface area contributed by atoms with E-state index in [0.29, 0.717) is 32.7 Å². The summed E-state index contributed by atoms with van der Waals surface area (Å²) in [6, 6.07) is 0. The second-order valence-electron chi connectivity index (χ2n) is 5.03. The van der Waals surface area contributed by atoms with Crippen LogP contribution in [0.15, 0.2) is 0 Å². The Morgan fingerprint density at radius 3 is 1.77 bits per heavy atom. The third kappa shape index (κ3) is 18.8. The summed E-state index contributed by atoms with van der Waals surface area (Å²) in [5, 5.41) is 0. The van der Waals surface area contributed by atoms with E-state index in [1.54, 1.807) is 0 Å². The monoisotopic (exact) mass is 316 g/mol. The van der Waals surface area contributed by atoms with Gasteiger partial charge in [0.05, 0.1) is 6.61 Å². The second kappa shape index (κ2) is 17.8. The summed E-state index contributed by atoms with van der Waals surface area (Å²) in [4.78, 5) is 32.6. The van der Waals surface area contributed by atoms with Crippen LogP contribution in [0.1, 0.15) is 72.6 Å². The van der Waals surface area contributed by atoms with Crippen molar-refractivity contribution >= 4 is 17.5 Å². The molecule has 0 aromatic heterocycles. The Bertz CT molecular complexity index is 299. The van der Waals surface area contributed by atoms with Crippen LogP contribution in [0.2, 0.25) is 0 Å². The van der Waals surface area contributed by atoms with E-state index >= 15 is 0 Å². The Morgan fingerprint density at radius 2 is 1.27 bits per heavy atom. The van der Waals surface area contributed by atoms with E-state index in [1.807, 2.05) is 27.7 Å². The fourth-order valence-corrected chi connectivity index (χ4v) is 1.48. The van der Waals surface area contributed by atoms with Gasteiger partial charge in [0.2, 0.25) is 0 Å². The lowest BCUT2D eigenvalue weighted by molar-refractivity contribution is -0.146. The number of carbonyl (C=O) groups excluding carboxylic acids is 3. The molecule has 0 aromatic carbocycles. The number of hydrogen-bond donors (Lipinski definition) is 0. The second-order valence-corrected chi connectivity index (χ2v) is 5.03. The number of esters is 1. The molecule has 0 aliphatic rings. The Balaban J connectivity index is 0. The lowest BCUT2D eigenvalue weighted by Crippen LogP contribution is -2.11. The predicted molar refractivity (Wildman–Crippen MR) is 86.8 cm³/mol. The van der Waals surface area contributed by atoms with Crippen LogP contribution in [0.3, 0.4) is 0 Å². The number of ketones is 2.